The van der Waals surface area contributed by atoms with Crippen molar-refractivity contribution in [1.82, 2.24) is 24.1 Å². The van der Waals surface area contributed by atoms with Gasteiger partial charge in [0.25, 0.3) is 5.56 Å². The Morgan fingerprint density at radius 3 is 2.68 bits per heavy atom. The highest BCUT2D eigenvalue weighted by molar-refractivity contribution is 5.75. The molecule has 0 saturated carbocycles. The lowest BCUT2D eigenvalue weighted by Gasteiger charge is -2.21. The van der Waals surface area contributed by atoms with Gasteiger partial charge in [0, 0.05) is 24.0 Å². The van der Waals surface area contributed by atoms with E-state index in [4.69, 9.17) is 5.10 Å². The molecule has 0 amide bonds. The van der Waals surface area contributed by atoms with Gasteiger partial charge in [-0.25, -0.2) is 18.9 Å². The van der Waals surface area contributed by atoms with Gasteiger partial charge in [0.15, 0.2) is 5.82 Å². The molecule has 8 nitrogen and oxygen atoms in total. The Kier molecular flexibility index (Phi) is 5.29. The van der Waals surface area contributed by atoms with Crippen LogP contribution in [0.1, 0.15) is 24.4 Å². The highest BCUT2D eigenvalue weighted by atomic mass is 19.1. The van der Waals surface area contributed by atoms with Crippen LogP contribution in [0.5, 0.6) is 5.75 Å². The molecule has 5 aromatic rings. The van der Waals surface area contributed by atoms with Gasteiger partial charge >= 0.3 is 0 Å². The molecule has 0 bridgehead atoms. The highest BCUT2D eigenvalue weighted by Gasteiger charge is 2.21. The molecule has 5 rings (SSSR count). The van der Waals surface area contributed by atoms with Crippen LogP contribution in [-0.2, 0) is 0 Å². The van der Waals surface area contributed by atoms with Crippen LogP contribution >= 0.6 is 0 Å². The SMILES string of the molecule is Cc1ccn2nc(C(C)Nc3ncncc3-c3cc(O)cc(F)c3)n(-c3ccccc3)c(=O)c12. The maximum Gasteiger partial charge on any atom is 0.282 e. The minimum Gasteiger partial charge on any atom is -0.508 e. The summed E-state index contributed by atoms with van der Waals surface area (Å²) in [5.74, 6) is 0.0906. The van der Waals surface area contributed by atoms with Gasteiger partial charge in [0.05, 0.1) is 11.7 Å². The van der Waals surface area contributed by atoms with Crippen LogP contribution in [-0.4, -0.2) is 29.3 Å². The van der Waals surface area contributed by atoms with Gasteiger partial charge in [-0.1, -0.05) is 18.2 Å². The van der Waals surface area contributed by atoms with Crippen LogP contribution in [0.4, 0.5) is 10.2 Å². The van der Waals surface area contributed by atoms with Gasteiger partial charge in [-0.3, -0.25) is 9.36 Å². The summed E-state index contributed by atoms with van der Waals surface area (Å²) in [6.45, 7) is 3.73. The smallest absolute Gasteiger partial charge is 0.282 e. The molecule has 0 aliphatic carbocycles. The van der Waals surface area contributed by atoms with E-state index in [1.165, 1.54) is 24.7 Å². The summed E-state index contributed by atoms with van der Waals surface area (Å²) in [6, 6.07) is 14.4. The fourth-order valence-corrected chi connectivity index (χ4v) is 3.99. The molecule has 2 N–H and O–H groups in total. The summed E-state index contributed by atoms with van der Waals surface area (Å²) in [5.41, 5.74) is 2.74. The summed E-state index contributed by atoms with van der Waals surface area (Å²) in [5, 5.41) is 17.9. The zero-order valence-corrected chi connectivity index (χ0v) is 18.5. The van der Waals surface area contributed by atoms with E-state index in [9.17, 15) is 14.3 Å². The number of benzene rings is 2. The number of phenolic OH excluding ortho intramolecular Hbond substituents is 1. The summed E-state index contributed by atoms with van der Waals surface area (Å²) >= 11 is 0. The number of aromatic hydroxyl groups is 1. The second-order valence-electron chi connectivity index (χ2n) is 7.98. The van der Waals surface area contributed by atoms with Crippen molar-refractivity contribution in [2.45, 2.75) is 19.9 Å². The van der Waals surface area contributed by atoms with Gasteiger partial charge in [0.1, 0.15) is 29.2 Å². The molecule has 3 aromatic heterocycles. The van der Waals surface area contributed by atoms with Crippen LogP contribution in [0.25, 0.3) is 22.3 Å². The van der Waals surface area contributed by atoms with E-state index in [2.05, 4.69) is 15.3 Å². The first-order valence-electron chi connectivity index (χ1n) is 10.6. The number of nitrogens with one attached hydrogen (secondary N) is 1. The minimum atomic E-state index is -0.578. The third kappa shape index (κ3) is 3.77. The van der Waals surface area contributed by atoms with Crippen molar-refractivity contribution in [3.63, 3.8) is 0 Å². The number of hydrogen-bond acceptors (Lipinski definition) is 6. The number of para-hydroxylation sites is 1. The molecule has 0 spiro atoms. The number of halogens is 1. The van der Waals surface area contributed by atoms with Crippen molar-refractivity contribution in [1.29, 1.82) is 0 Å². The van der Waals surface area contributed by atoms with Crippen LogP contribution in [0, 0.1) is 12.7 Å². The Hall–Kier alpha value is -4.53. The maximum absolute atomic E-state index is 13.9. The van der Waals surface area contributed by atoms with E-state index in [0.717, 1.165) is 11.6 Å². The molecule has 9 heteroatoms. The molecular formula is C25H21FN6O2. The first kappa shape index (κ1) is 21.3. The second kappa shape index (κ2) is 8.43. The van der Waals surface area contributed by atoms with Crippen molar-refractivity contribution >= 4 is 11.3 Å². The maximum atomic E-state index is 13.9. The van der Waals surface area contributed by atoms with Crippen LogP contribution < -0.4 is 10.9 Å². The van der Waals surface area contributed by atoms with Crippen molar-refractivity contribution < 1.29 is 9.50 Å². The number of aryl methyl sites for hydroxylation is 1. The van der Waals surface area contributed by atoms with Gasteiger partial charge < -0.3 is 10.4 Å². The number of rotatable bonds is 5. The van der Waals surface area contributed by atoms with Gasteiger partial charge in [-0.05, 0) is 55.3 Å². The van der Waals surface area contributed by atoms with Gasteiger partial charge in [-0.2, -0.15) is 5.10 Å². The third-order valence-electron chi connectivity index (χ3n) is 5.57. The molecule has 1 atom stereocenters. The molecule has 34 heavy (non-hydrogen) atoms. The molecule has 0 fully saturated rings. The fourth-order valence-electron chi connectivity index (χ4n) is 3.99. The quantitative estimate of drug-likeness (QED) is 0.410. The Balaban J connectivity index is 1.64. The molecule has 0 radical (unpaired) electrons. The summed E-state index contributed by atoms with van der Waals surface area (Å²) in [6.07, 6.45) is 4.66. The summed E-state index contributed by atoms with van der Waals surface area (Å²) in [7, 11) is 0. The van der Waals surface area contributed by atoms with Crippen LogP contribution in [0.15, 0.2) is 78.1 Å². The van der Waals surface area contributed by atoms with E-state index in [-0.39, 0.29) is 11.3 Å². The number of fused-ring (bicyclic) bond motifs is 1. The predicted octanol–water partition coefficient (Wildman–Crippen LogP) is 4.27. The summed E-state index contributed by atoms with van der Waals surface area (Å²) < 4.78 is 17.1. The average molecular weight is 456 g/mol. The topological polar surface area (TPSA) is 97.3 Å². The zero-order chi connectivity index (χ0) is 23.8. The van der Waals surface area contributed by atoms with Crippen LogP contribution in [0.3, 0.4) is 0 Å². The largest absolute Gasteiger partial charge is 0.508 e. The second-order valence-corrected chi connectivity index (χ2v) is 7.98. The van der Waals surface area contributed by atoms with Gasteiger partial charge in [0.2, 0.25) is 0 Å². The Morgan fingerprint density at radius 1 is 1.12 bits per heavy atom. The number of aromatic nitrogens is 5. The van der Waals surface area contributed by atoms with Gasteiger partial charge in [-0.15, -0.1) is 0 Å². The van der Waals surface area contributed by atoms with Crippen LogP contribution in [0.2, 0.25) is 0 Å². The van der Waals surface area contributed by atoms with E-state index >= 15 is 0 Å². The van der Waals surface area contributed by atoms with Crippen molar-refractivity contribution in [2.24, 2.45) is 0 Å². The van der Waals surface area contributed by atoms with Crippen molar-refractivity contribution in [2.75, 3.05) is 5.32 Å². The molecule has 0 aliphatic heterocycles. The van der Waals surface area contributed by atoms with E-state index < -0.39 is 11.9 Å². The molecule has 3 heterocycles. The zero-order valence-electron chi connectivity index (χ0n) is 18.5. The molecule has 0 aliphatic rings. The molecule has 2 aromatic carbocycles. The Morgan fingerprint density at radius 2 is 1.91 bits per heavy atom. The first-order chi connectivity index (χ1) is 16.4. The normalized spacial score (nSPS) is 12.1. The lowest BCUT2D eigenvalue weighted by atomic mass is 10.1. The van der Waals surface area contributed by atoms with E-state index in [1.807, 2.05) is 50.2 Å². The highest BCUT2D eigenvalue weighted by Crippen LogP contribution is 2.31. The predicted molar refractivity (Wildman–Crippen MR) is 127 cm³/mol. The number of phenols is 1. The Labute approximate surface area is 194 Å². The third-order valence-corrected chi connectivity index (χ3v) is 5.57. The van der Waals surface area contributed by atoms with Crippen molar-refractivity contribution in [3.8, 4) is 22.6 Å². The molecule has 0 saturated heterocycles. The minimum absolute atomic E-state index is 0.190. The lowest BCUT2D eigenvalue weighted by molar-refractivity contribution is 0.469. The number of hydrogen-bond donors (Lipinski definition) is 2. The lowest BCUT2D eigenvalue weighted by Crippen LogP contribution is -2.29. The monoisotopic (exact) mass is 456 g/mol. The first-order valence-corrected chi connectivity index (χ1v) is 10.6. The number of nitrogens with zero attached hydrogens (tertiary/aromatic N) is 5. The Bertz CT molecular complexity index is 1540. The van der Waals surface area contributed by atoms with E-state index in [1.54, 1.807) is 15.3 Å². The number of anilines is 1. The molecular weight excluding hydrogens is 435 g/mol. The van der Waals surface area contributed by atoms with Crippen molar-refractivity contribution in [3.05, 3.63) is 101 Å². The fraction of sp³-hybridized carbons (Fsp3) is 0.120. The average Bonchev–Trinajstić information content (AvgIpc) is 3.20. The summed E-state index contributed by atoms with van der Waals surface area (Å²) in [4.78, 5) is 21.9. The van der Waals surface area contributed by atoms with E-state index in [0.29, 0.717) is 34.0 Å². The molecule has 1 unspecified atom stereocenters. The molecule has 170 valence electrons. The standard InChI is InChI=1S/C25H21FN6O2/c1-15-8-9-31-22(15)25(34)32(19-6-4-3-5-7-19)24(30-31)16(2)29-23-21(13-27-14-28-23)17-10-18(26)12-20(33)11-17/h3-14,16,33H,1-2H3,(H,27,28,29).